The largest absolute Gasteiger partial charge is 0.0622 e. The maximum atomic E-state index is 2.30. The minimum absolute atomic E-state index is 0.160. The zero-order valence-electron chi connectivity index (χ0n) is 13.5. The van der Waals surface area contributed by atoms with Crippen LogP contribution in [0.3, 0.4) is 0 Å². The number of hydrogen-bond acceptors (Lipinski definition) is 0. The molecule has 0 saturated heterocycles. The Morgan fingerprint density at radius 2 is 0.955 bits per heavy atom. The topological polar surface area (TPSA) is 0 Å². The molecule has 0 aliphatic heterocycles. The van der Waals surface area contributed by atoms with Crippen molar-refractivity contribution in [3.8, 4) is 11.1 Å². The Bertz CT molecular complexity index is 719. The van der Waals surface area contributed by atoms with Crippen molar-refractivity contribution in [2.24, 2.45) is 0 Å². The van der Waals surface area contributed by atoms with Crippen LogP contribution < -0.4 is 0 Å². The quantitative estimate of drug-likeness (QED) is 0.476. The van der Waals surface area contributed by atoms with Crippen LogP contribution in [0.5, 0.6) is 0 Å². The summed E-state index contributed by atoms with van der Waals surface area (Å²) >= 11 is 0. The molecule has 0 fully saturated rings. The molecule has 1 aliphatic carbocycles. The molecule has 0 amide bonds. The van der Waals surface area contributed by atoms with Crippen LogP contribution >= 0.6 is 0 Å². The van der Waals surface area contributed by atoms with E-state index in [1.165, 1.54) is 27.8 Å². The average Bonchev–Trinajstić information content (AvgIpc) is 2.78. The maximum absolute atomic E-state index is 2.30. The summed E-state index contributed by atoms with van der Waals surface area (Å²) in [6.07, 6.45) is 0. The van der Waals surface area contributed by atoms with E-state index in [0.29, 0.717) is 0 Å². The molecule has 0 unspecified atom stereocenters. The highest BCUT2D eigenvalue weighted by Gasteiger charge is 2.34. The molecule has 0 nitrogen and oxygen atoms in total. The van der Waals surface area contributed by atoms with Crippen LogP contribution in [0, 0.1) is 6.92 Å². The molecule has 0 bridgehead atoms. The Morgan fingerprint density at radius 1 is 0.545 bits per heavy atom. The van der Waals surface area contributed by atoms with E-state index < -0.39 is 0 Å². The second-order valence-electron chi connectivity index (χ2n) is 6.37. The van der Waals surface area contributed by atoms with E-state index in [2.05, 4.69) is 81.4 Å². The fourth-order valence-corrected chi connectivity index (χ4v) is 3.21. The van der Waals surface area contributed by atoms with Crippen molar-refractivity contribution in [3.05, 3.63) is 95.6 Å². The lowest BCUT2D eigenvalue weighted by Gasteiger charge is -2.20. The Labute approximate surface area is 133 Å². The molecular formula is C22H22. The summed E-state index contributed by atoms with van der Waals surface area (Å²) in [7, 11) is 0. The summed E-state index contributed by atoms with van der Waals surface area (Å²) in [6, 6.07) is 27.7. The van der Waals surface area contributed by atoms with Crippen molar-refractivity contribution in [1.82, 2.24) is 0 Å². The highest BCUT2D eigenvalue weighted by molar-refractivity contribution is 5.80. The van der Waals surface area contributed by atoms with Gasteiger partial charge in [-0.1, -0.05) is 98.3 Å². The summed E-state index contributed by atoms with van der Waals surface area (Å²) in [5.41, 5.74) is 7.18. The molecular weight excluding hydrogens is 264 g/mol. The van der Waals surface area contributed by atoms with Gasteiger partial charge in [-0.25, -0.2) is 0 Å². The van der Waals surface area contributed by atoms with Gasteiger partial charge in [0.15, 0.2) is 0 Å². The van der Waals surface area contributed by atoms with Crippen molar-refractivity contribution >= 4 is 0 Å². The molecule has 0 heteroatoms. The Kier molecular flexibility index (Phi) is 3.85. The van der Waals surface area contributed by atoms with Crippen LogP contribution in [0.15, 0.2) is 78.9 Å². The molecule has 0 atom stereocenters. The van der Waals surface area contributed by atoms with E-state index in [1.54, 1.807) is 0 Å². The SMILES string of the molecule is CC1(C)c2ccccc2-c2ccccc21.Cc1ccccc1. The van der Waals surface area contributed by atoms with Crippen molar-refractivity contribution < 1.29 is 0 Å². The van der Waals surface area contributed by atoms with E-state index in [9.17, 15) is 0 Å². The second-order valence-corrected chi connectivity index (χ2v) is 6.37. The molecule has 110 valence electrons. The van der Waals surface area contributed by atoms with Crippen LogP contribution in [0.25, 0.3) is 11.1 Å². The van der Waals surface area contributed by atoms with Crippen LogP contribution in [0.4, 0.5) is 0 Å². The summed E-state index contributed by atoms with van der Waals surface area (Å²) in [4.78, 5) is 0. The van der Waals surface area contributed by atoms with Crippen molar-refractivity contribution in [1.29, 1.82) is 0 Å². The Hall–Kier alpha value is -2.34. The van der Waals surface area contributed by atoms with Gasteiger partial charge in [0.2, 0.25) is 0 Å². The number of fused-ring (bicyclic) bond motifs is 3. The molecule has 0 spiro atoms. The van der Waals surface area contributed by atoms with Gasteiger partial charge in [0.25, 0.3) is 0 Å². The van der Waals surface area contributed by atoms with Crippen LogP contribution in [0.2, 0.25) is 0 Å². The van der Waals surface area contributed by atoms with Gasteiger partial charge in [-0.15, -0.1) is 0 Å². The fourth-order valence-electron chi connectivity index (χ4n) is 3.21. The molecule has 0 aromatic heterocycles. The zero-order valence-corrected chi connectivity index (χ0v) is 13.5. The second kappa shape index (κ2) is 5.81. The van der Waals surface area contributed by atoms with Crippen LogP contribution in [-0.2, 0) is 5.41 Å². The molecule has 0 saturated carbocycles. The Balaban J connectivity index is 0.000000174. The average molecular weight is 286 g/mol. The van der Waals surface area contributed by atoms with Gasteiger partial charge in [-0.2, -0.15) is 0 Å². The van der Waals surface area contributed by atoms with E-state index in [4.69, 9.17) is 0 Å². The monoisotopic (exact) mass is 286 g/mol. The predicted octanol–water partition coefficient (Wildman–Crippen LogP) is 5.99. The standard InChI is InChI=1S/C15H14.C7H8/c1-15(2)13-9-5-3-7-11(13)12-8-4-6-10-14(12)15;1-7-5-3-2-4-6-7/h3-10H,1-2H3;2-6H,1H3. The first-order chi connectivity index (χ1) is 10.6. The first-order valence-corrected chi connectivity index (χ1v) is 7.82. The number of aryl methyl sites for hydroxylation is 1. The minimum Gasteiger partial charge on any atom is -0.0622 e. The molecule has 0 radical (unpaired) electrons. The normalized spacial score (nSPS) is 13.6. The van der Waals surface area contributed by atoms with E-state index in [1.807, 2.05) is 18.2 Å². The van der Waals surface area contributed by atoms with E-state index >= 15 is 0 Å². The highest BCUT2D eigenvalue weighted by atomic mass is 14.4. The van der Waals surface area contributed by atoms with Crippen molar-refractivity contribution in [3.63, 3.8) is 0 Å². The van der Waals surface area contributed by atoms with Crippen LogP contribution in [-0.4, -0.2) is 0 Å². The van der Waals surface area contributed by atoms with Crippen molar-refractivity contribution in [2.45, 2.75) is 26.2 Å². The third-order valence-electron chi connectivity index (χ3n) is 4.43. The third-order valence-corrected chi connectivity index (χ3v) is 4.43. The summed E-state index contributed by atoms with van der Waals surface area (Å²) < 4.78 is 0. The first kappa shape index (κ1) is 14.6. The fraction of sp³-hybridized carbons (Fsp3) is 0.182. The lowest BCUT2D eigenvalue weighted by Crippen LogP contribution is -2.14. The summed E-state index contributed by atoms with van der Waals surface area (Å²) in [6.45, 7) is 6.69. The van der Waals surface area contributed by atoms with Gasteiger partial charge in [0, 0.05) is 5.41 Å². The Morgan fingerprint density at radius 3 is 1.36 bits per heavy atom. The summed E-state index contributed by atoms with van der Waals surface area (Å²) in [5.74, 6) is 0. The van der Waals surface area contributed by atoms with Gasteiger partial charge < -0.3 is 0 Å². The zero-order chi connectivity index (χ0) is 15.6. The van der Waals surface area contributed by atoms with Crippen LogP contribution in [0.1, 0.15) is 30.5 Å². The number of rotatable bonds is 0. The lowest BCUT2D eigenvalue weighted by atomic mass is 9.82. The minimum atomic E-state index is 0.160. The molecule has 22 heavy (non-hydrogen) atoms. The lowest BCUT2D eigenvalue weighted by molar-refractivity contribution is 0.660. The number of hydrogen-bond donors (Lipinski definition) is 0. The number of benzene rings is 3. The smallest absolute Gasteiger partial charge is 0.0158 e. The van der Waals surface area contributed by atoms with E-state index in [0.717, 1.165) is 0 Å². The molecule has 3 aromatic carbocycles. The highest BCUT2D eigenvalue weighted by Crippen LogP contribution is 2.47. The molecule has 0 N–H and O–H groups in total. The maximum Gasteiger partial charge on any atom is 0.0158 e. The third kappa shape index (κ3) is 2.57. The van der Waals surface area contributed by atoms with E-state index in [-0.39, 0.29) is 5.41 Å². The molecule has 0 heterocycles. The van der Waals surface area contributed by atoms with Gasteiger partial charge >= 0.3 is 0 Å². The predicted molar refractivity (Wildman–Crippen MR) is 95.2 cm³/mol. The van der Waals surface area contributed by atoms with Gasteiger partial charge in [0.1, 0.15) is 0 Å². The molecule has 4 rings (SSSR count). The van der Waals surface area contributed by atoms with Gasteiger partial charge in [-0.3, -0.25) is 0 Å². The first-order valence-electron chi connectivity index (χ1n) is 7.82. The van der Waals surface area contributed by atoms with Gasteiger partial charge in [-0.05, 0) is 29.2 Å². The van der Waals surface area contributed by atoms with Gasteiger partial charge in [0.05, 0.1) is 0 Å². The summed E-state index contributed by atoms with van der Waals surface area (Å²) in [5, 5.41) is 0. The molecule has 1 aliphatic rings. The molecule has 3 aromatic rings. The van der Waals surface area contributed by atoms with Crippen molar-refractivity contribution in [2.75, 3.05) is 0 Å².